The fraction of sp³-hybridized carbons (Fsp3) is 0.130. The molecule has 4 heteroatoms. The highest BCUT2D eigenvalue weighted by molar-refractivity contribution is 7.98. The van der Waals surface area contributed by atoms with Crippen LogP contribution in [0.5, 0.6) is 0 Å². The van der Waals surface area contributed by atoms with Crippen LogP contribution in [0.3, 0.4) is 0 Å². The lowest BCUT2D eigenvalue weighted by molar-refractivity contribution is 0.0948. The molecule has 27 heavy (non-hydrogen) atoms. The van der Waals surface area contributed by atoms with E-state index in [2.05, 4.69) is 11.4 Å². The molecule has 0 spiro atoms. The van der Waals surface area contributed by atoms with Gasteiger partial charge in [0.2, 0.25) is 0 Å². The summed E-state index contributed by atoms with van der Waals surface area (Å²) < 4.78 is 0. The molecule has 0 aliphatic heterocycles. The van der Waals surface area contributed by atoms with Crippen LogP contribution in [-0.4, -0.2) is 5.91 Å². The molecule has 0 atom stereocenters. The highest BCUT2D eigenvalue weighted by atomic mass is 32.2. The molecule has 0 aliphatic carbocycles. The van der Waals surface area contributed by atoms with Gasteiger partial charge in [0.25, 0.3) is 5.91 Å². The number of hydrogen-bond donors (Lipinski definition) is 1. The molecule has 0 heterocycles. The summed E-state index contributed by atoms with van der Waals surface area (Å²) in [6.07, 6.45) is 0. The molecule has 0 saturated heterocycles. The second-order valence-corrected chi connectivity index (χ2v) is 7.28. The summed E-state index contributed by atoms with van der Waals surface area (Å²) in [6.45, 7) is 2.55. The summed E-state index contributed by atoms with van der Waals surface area (Å²) >= 11 is 1.62. The van der Waals surface area contributed by atoms with E-state index in [9.17, 15) is 4.79 Å². The van der Waals surface area contributed by atoms with E-state index >= 15 is 0 Å². The van der Waals surface area contributed by atoms with E-state index in [0.717, 1.165) is 21.8 Å². The summed E-state index contributed by atoms with van der Waals surface area (Å²) in [5.41, 5.74) is 4.74. The Kier molecular flexibility index (Phi) is 6.30. The Hall–Kier alpha value is -3.03. The average Bonchev–Trinajstić information content (AvgIpc) is 2.72. The zero-order valence-corrected chi connectivity index (χ0v) is 15.9. The first-order valence-corrected chi connectivity index (χ1v) is 9.69. The van der Waals surface area contributed by atoms with Crippen molar-refractivity contribution in [2.24, 2.45) is 0 Å². The molecule has 0 unspecified atom stereocenters. The number of nitrogens with zero attached hydrogens (tertiary/aromatic N) is 1. The SMILES string of the molecule is Cc1ccc(CNC(=O)c2ccccc2SCc2ccc(C#N)cc2)cc1. The zero-order valence-electron chi connectivity index (χ0n) is 15.1. The number of carbonyl (C=O) groups is 1. The predicted octanol–water partition coefficient (Wildman–Crippen LogP) is 5.09. The monoisotopic (exact) mass is 372 g/mol. The molecule has 3 rings (SSSR count). The quantitative estimate of drug-likeness (QED) is 0.613. The van der Waals surface area contributed by atoms with Crippen LogP contribution in [-0.2, 0) is 12.3 Å². The van der Waals surface area contributed by atoms with Crippen LogP contribution in [0, 0.1) is 18.3 Å². The van der Waals surface area contributed by atoms with Gasteiger partial charge in [0.1, 0.15) is 0 Å². The molecule has 1 amide bonds. The Morgan fingerprint density at radius 1 is 0.963 bits per heavy atom. The summed E-state index contributed by atoms with van der Waals surface area (Å²) in [4.78, 5) is 13.6. The topological polar surface area (TPSA) is 52.9 Å². The Morgan fingerprint density at radius 3 is 2.33 bits per heavy atom. The molecular weight excluding hydrogens is 352 g/mol. The molecular formula is C23H20N2OS. The Bertz CT molecular complexity index is 957. The van der Waals surface area contributed by atoms with Crippen LogP contribution in [0.15, 0.2) is 77.7 Å². The normalized spacial score (nSPS) is 10.2. The number of thioether (sulfide) groups is 1. The smallest absolute Gasteiger partial charge is 0.252 e. The number of amides is 1. The number of aryl methyl sites for hydroxylation is 1. The molecule has 3 aromatic rings. The van der Waals surface area contributed by atoms with E-state index in [1.165, 1.54) is 5.56 Å². The number of nitriles is 1. The summed E-state index contributed by atoms with van der Waals surface area (Å²) in [7, 11) is 0. The van der Waals surface area contributed by atoms with E-state index in [-0.39, 0.29) is 5.91 Å². The molecule has 0 radical (unpaired) electrons. The van der Waals surface area contributed by atoms with Gasteiger partial charge in [-0.05, 0) is 42.3 Å². The second kappa shape index (κ2) is 9.07. The van der Waals surface area contributed by atoms with Gasteiger partial charge in [0, 0.05) is 17.2 Å². The van der Waals surface area contributed by atoms with Crippen LogP contribution in [0.1, 0.15) is 32.6 Å². The van der Waals surface area contributed by atoms with E-state index in [4.69, 9.17) is 5.26 Å². The molecule has 3 nitrogen and oxygen atoms in total. The molecule has 134 valence electrons. The predicted molar refractivity (Wildman–Crippen MR) is 110 cm³/mol. The molecule has 1 N–H and O–H groups in total. The minimum absolute atomic E-state index is 0.0708. The van der Waals surface area contributed by atoms with Crippen LogP contribution in [0.25, 0.3) is 0 Å². The summed E-state index contributed by atoms with van der Waals surface area (Å²) in [5.74, 6) is 0.673. The van der Waals surface area contributed by atoms with Crippen molar-refractivity contribution in [2.45, 2.75) is 24.1 Å². The van der Waals surface area contributed by atoms with Gasteiger partial charge in [0.15, 0.2) is 0 Å². The van der Waals surface area contributed by atoms with Gasteiger partial charge in [-0.1, -0.05) is 54.1 Å². The lowest BCUT2D eigenvalue weighted by Crippen LogP contribution is -2.23. The van der Waals surface area contributed by atoms with Gasteiger partial charge in [-0.3, -0.25) is 4.79 Å². The van der Waals surface area contributed by atoms with Crippen molar-refractivity contribution < 1.29 is 4.79 Å². The van der Waals surface area contributed by atoms with Gasteiger partial charge in [-0.15, -0.1) is 11.8 Å². The molecule has 3 aromatic carbocycles. The maximum absolute atomic E-state index is 12.6. The highest BCUT2D eigenvalue weighted by Gasteiger charge is 2.11. The molecule has 0 fully saturated rings. The van der Waals surface area contributed by atoms with Crippen LogP contribution >= 0.6 is 11.8 Å². The number of hydrogen-bond acceptors (Lipinski definition) is 3. The first-order chi connectivity index (χ1) is 13.2. The third kappa shape index (κ3) is 5.22. The lowest BCUT2D eigenvalue weighted by atomic mass is 10.1. The minimum Gasteiger partial charge on any atom is -0.348 e. The first-order valence-electron chi connectivity index (χ1n) is 8.70. The molecule has 0 bridgehead atoms. The van der Waals surface area contributed by atoms with Crippen molar-refractivity contribution in [1.29, 1.82) is 5.26 Å². The highest BCUT2D eigenvalue weighted by Crippen LogP contribution is 2.26. The fourth-order valence-corrected chi connectivity index (χ4v) is 3.61. The van der Waals surface area contributed by atoms with E-state index in [1.807, 2.05) is 79.7 Å². The van der Waals surface area contributed by atoms with Crippen LogP contribution < -0.4 is 5.32 Å². The third-order valence-electron chi connectivity index (χ3n) is 4.18. The zero-order chi connectivity index (χ0) is 19.1. The van der Waals surface area contributed by atoms with Crippen molar-refractivity contribution >= 4 is 17.7 Å². The Morgan fingerprint density at radius 2 is 1.63 bits per heavy atom. The van der Waals surface area contributed by atoms with Crippen molar-refractivity contribution in [1.82, 2.24) is 5.32 Å². The van der Waals surface area contributed by atoms with E-state index in [1.54, 1.807) is 11.8 Å². The fourth-order valence-electron chi connectivity index (χ4n) is 2.60. The minimum atomic E-state index is -0.0708. The van der Waals surface area contributed by atoms with E-state index < -0.39 is 0 Å². The maximum Gasteiger partial charge on any atom is 0.252 e. The molecule has 0 saturated carbocycles. The van der Waals surface area contributed by atoms with Crippen molar-refractivity contribution in [2.75, 3.05) is 0 Å². The number of carbonyl (C=O) groups excluding carboxylic acids is 1. The van der Waals surface area contributed by atoms with Crippen LogP contribution in [0.4, 0.5) is 0 Å². The van der Waals surface area contributed by atoms with E-state index in [0.29, 0.717) is 17.7 Å². The number of benzene rings is 3. The van der Waals surface area contributed by atoms with Gasteiger partial charge >= 0.3 is 0 Å². The largest absolute Gasteiger partial charge is 0.348 e. The van der Waals surface area contributed by atoms with Gasteiger partial charge in [-0.25, -0.2) is 0 Å². The van der Waals surface area contributed by atoms with Crippen LogP contribution in [0.2, 0.25) is 0 Å². The van der Waals surface area contributed by atoms with Gasteiger partial charge in [-0.2, -0.15) is 5.26 Å². The average molecular weight is 372 g/mol. The maximum atomic E-state index is 12.6. The van der Waals surface area contributed by atoms with Gasteiger partial charge in [0.05, 0.1) is 17.2 Å². The number of nitrogens with one attached hydrogen (secondary N) is 1. The van der Waals surface area contributed by atoms with Crippen molar-refractivity contribution in [3.63, 3.8) is 0 Å². The summed E-state index contributed by atoms with van der Waals surface area (Å²) in [6, 6.07) is 25.4. The molecule has 0 aromatic heterocycles. The standard InChI is InChI=1S/C23H20N2OS/c1-17-6-8-19(9-7-17)15-25-23(26)21-4-2-3-5-22(21)27-16-20-12-10-18(14-24)11-13-20/h2-13H,15-16H2,1H3,(H,25,26). The number of rotatable bonds is 6. The first kappa shape index (κ1) is 18.8. The second-order valence-electron chi connectivity index (χ2n) is 6.26. The van der Waals surface area contributed by atoms with Gasteiger partial charge < -0.3 is 5.32 Å². The lowest BCUT2D eigenvalue weighted by Gasteiger charge is -2.10. The molecule has 0 aliphatic rings. The summed E-state index contributed by atoms with van der Waals surface area (Å²) in [5, 5.41) is 11.9. The van der Waals surface area contributed by atoms with Crippen molar-refractivity contribution in [3.8, 4) is 6.07 Å². The van der Waals surface area contributed by atoms with Crippen molar-refractivity contribution in [3.05, 3.63) is 101 Å². The Balaban J connectivity index is 1.64. The third-order valence-corrected chi connectivity index (χ3v) is 5.33. The Labute approximate surface area is 164 Å².